The Kier molecular flexibility index (Phi) is 4.86. The Labute approximate surface area is 217 Å². The van der Waals surface area contributed by atoms with E-state index in [1.165, 1.54) is 18.6 Å². The molecule has 2 aliphatic rings. The lowest BCUT2D eigenvalue weighted by atomic mass is 10.0. The summed E-state index contributed by atoms with van der Waals surface area (Å²) in [6.07, 6.45) is 1.95. The zero-order valence-electron chi connectivity index (χ0n) is 19.9. The summed E-state index contributed by atoms with van der Waals surface area (Å²) >= 11 is 0. The lowest BCUT2D eigenvalue weighted by molar-refractivity contribution is -0.137. The van der Waals surface area contributed by atoms with Gasteiger partial charge in [0.2, 0.25) is 0 Å². The highest BCUT2D eigenvalue weighted by molar-refractivity contribution is 6.25. The van der Waals surface area contributed by atoms with Crippen molar-refractivity contribution >= 4 is 34.0 Å². The number of hydrogen-bond acceptors (Lipinski definition) is 6. The van der Waals surface area contributed by atoms with E-state index in [1.807, 2.05) is 12.1 Å². The van der Waals surface area contributed by atoms with Crippen molar-refractivity contribution in [2.45, 2.75) is 24.9 Å². The number of nitrogens with one attached hydrogen (secondary N) is 2. The highest BCUT2D eigenvalue weighted by Gasteiger charge is 2.37. The molecule has 2 N–H and O–H groups in total. The molecule has 3 aromatic heterocycles. The van der Waals surface area contributed by atoms with Gasteiger partial charge in [-0.15, -0.1) is 4.80 Å². The summed E-state index contributed by atoms with van der Waals surface area (Å²) in [5, 5.41) is 18.9. The second-order valence-corrected chi connectivity index (χ2v) is 9.31. The van der Waals surface area contributed by atoms with Crippen LogP contribution in [0.3, 0.4) is 0 Å². The van der Waals surface area contributed by atoms with Crippen LogP contribution in [-0.2, 0) is 6.18 Å². The number of rotatable bonds is 5. The average molecular weight is 530 g/mol. The average Bonchev–Trinajstić information content (AvgIpc) is 3.29. The predicted octanol–water partition coefficient (Wildman–Crippen LogP) is 4.72. The first-order chi connectivity index (χ1) is 18.8. The highest BCUT2D eigenvalue weighted by Crippen LogP contribution is 2.44. The van der Waals surface area contributed by atoms with E-state index in [-0.39, 0.29) is 23.1 Å². The fourth-order valence-corrected chi connectivity index (χ4v) is 4.95. The van der Waals surface area contributed by atoms with Crippen LogP contribution in [0.15, 0.2) is 61.2 Å². The SMILES string of the molecule is O=C(Nc1cnc(-n2nccn2)c(C(F)(F)F)c1)c1cnn(-c2ccc3c4c(cccc24)C(=O)N3)c1C1CC1. The minimum atomic E-state index is -4.76. The molecule has 1 saturated carbocycles. The summed E-state index contributed by atoms with van der Waals surface area (Å²) in [7, 11) is 0. The maximum atomic E-state index is 13.8. The van der Waals surface area contributed by atoms with Gasteiger partial charge in [-0.1, -0.05) is 12.1 Å². The largest absolute Gasteiger partial charge is 0.420 e. The fourth-order valence-electron chi connectivity index (χ4n) is 4.95. The molecule has 0 spiro atoms. The normalized spacial score (nSPS) is 14.6. The van der Waals surface area contributed by atoms with E-state index in [0.717, 1.165) is 40.7 Å². The van der Waals surface area contributed by atoms with E-state index >= 15 is 0 Å². The molecule has 2 aromatic carbocycles. The van der Waals surface area contributed by atoms with Crippen LogP contribution >= 0.6 is 0 Å². The number of aromatic nitrogens is 6. The van der Waals surface area contributed by atoms with E-state index in [4.69, 9.17) is 0 Å². The second kappa shape index (κ2) is 8.21. The third kappa shape index (κ3) is 3.73. The zero-order valence-corrected chi connectivity index (χ0v) is 19.9. The van der Waals surface area contributed by atoms with Crippen LogP contribution in [0.4, 0.5) is 24.5 Å². The molecule has 194 valence electrons. The number of hydrogen-bond donors (Lipinski definition) is 2. The standard InChI is InChI=1S/C26H17F3N8O2/c27-26(28,29)18-10-14(11-30-23(18)37-31-8-9-32-37)34-25(39)17-12-33-36(22(17)13-4-5-13)20-7-6-19-21-15(20)2-1-3-16(21)24(38)35-19/h1-3,6-13H,4-5H2,(H,34,39)(H,35,38). The van der Waals surface area contributed by atoms with Crippen molar-refractivity contribution in [1.29, 1.82) is 0 Å². The van der Waals surface area contributed by atoms with Crippen molar-refractivity contribution in [3.8, 4) is 11.5 Å². The van der Waals surface area contributed by atoms with E-state index < -0.39 is 23.5 Å². The molecule has 1 fully saturated rings. The van der Waals surface area contributed by atoms with Gasteiger partial charge in [0.25, 0.3) is 11.8 Å². The summed E-state index contributed by atoms with van der Waals surface area (Å²) in [6.45, 7) is 0. The van der Waals surface area contributed by atoms with Gasteiger partial charge < -0.3 is 10.6 Å². The summed E-state index contributed by atoms with van der Waals surface area (Å²) in [5.41, 5.74) is 1.65. The number of amides is 2. The van der Waals surface area contributed by atoms with Gasteiger partial charge in [0.15, 0.2) is 5.82 Å². The van der Waals surface area contributed by atoms with E-state index in [1.54, 1.807) is 22.9 Å². The van der Waals surface area contributed by atoms with Gasteiger partial charge in [-0.3, -0.25) is 9.59 Å². The second-order valence-electron chi connectivity index (χ2n) is 9.31. The number of anilines is 2. The van der Waals surface area contributed by atoms with Crippen LogP contribution in [0.5, 0.6) is 0 Å². The minimum absolute atomic E-state index is 0.0631. The monoisotopic (exact) mass is 530 g/mol. The van der Waals surface area contributed by atoms with Gasteiger partial charge in [0.1, 0.15) is 5.56 Å². The molecule has 13 heteroatoms. The Bertz CT molecular complexity index is 1810. The van der Waals surface area contributed by atoms with Crippen molar-refractivity contribution in [2.75, 3.05) is 10.6 Å². The molecule has 1 aliphatic carbocycles. The van der Waals surface area contributed by atoms with Crippen molar-refractivity contribution in [3.63, 3.8) is 0 Å². The summed E-state index contributed by atoms with van der Waals surface area (Å²) < 4.78 is 43.1. The minimum Gasteiger partial charge on any atom is -0.321 e. The Hall–Kier alpha value is -5.07. The molecule has 1 aliphatic heterocycles. The molecule has 0 bridgehead atoms. The number of halogens is 3. The van der Waals surface area contributed by atoms with Crippen LogP contribution < -0.4 is 10.6 Å². The third-order valence-corrected chi connectivity index (χ3v) is 6.79. The lowest BCUT2D eigenvalue weighted by Crippen LogP contribution is -2.18. The molecular weight excluding hydrogens is 513 g/mol. The first-order valence-electron chi connectivity index (χ1n) is 12.0. The quantitative estimate of drug-likeness (QED) is 0.340. The molecule has 2 amide bonds. The summed E-state index contributed by atoms with van der Waals surface area (Å²) in [6, 6.07) is 9.85. The third-order valence-electron chi connectivity index (χ3n) is 6.79. The van der Waals surface area contributed by atoms with Crippen molar-refractivity contribution in [1.82, 2.24) is 29.8 Å². The molecule has 5 aromatic rings. The number of benzene rings is 2. The number of alkyl halides is 3. The molecule has 4 heterocycles. The Morgan fingerprint density at radius 2 is 1.85 bits per heavy atom. The molecule has 39 heavy (non-hydrogen) atoms. The molecule has 0 radical (unpaired) electrons. The van der Waals surface area contributed by atoms with Gasteiger partial charge >= 0.3 is 6.18 Å². The van der Waals surface area contributed by atoms with Crippen LogP contribution in [0.25, 0.3) is 22.3 Å². The van der Waals surface area contributed by atoms with Crippen molar-refractivity contribution in [3.05, 3.63) is 83.6 Å². The molecule has 0 saturated heterocycles. The van der Waals surface area contributed by atoms with Crippen LogP contribution in [0, 0.1) is 0 Å². The number of carbonyl (C=O) groups excluding carboxylic acids is 2. The molecule has 0 unspecified atom stereocenters. The van der Waals surface area contributed by atoms with Gasteiger partial charge in [-0.2, -0.15) is 28.5 Å². The maximum Gasteiger partial charge on any atom is 0.420 e. The van der Waals surface area contributed by atoms with Gasteiger partial charge in [-0.05, 0) is 37.1 Å². The fraction of sp³-hybridized carbons (Fsp3) is 0.154. The Morgan fingerprint density at radius 3 is 2.59 bits per heavy atom. The number of pyridine rings is 1. The van der Waals surface area contributed by atoms with Gasteiger partial charge in [0, 0.05) is 27.9 Å². The first kappa shape index (κ1) is 23.1. The Morgan fingerprint density at radius 1 is 1.05 bits per heavy atom. The molecule has 10 nitrogen and oxygen atoms in total. The van der Waals surface area contributed by atoms with Crippen LogP contribution in [0.1, 0.15) is 50.7 Å². The zero-order chi connectivity index (χ0) is 26.9. The molecule has 7 rings (SSSR count). The van der Waals surface area contributed by atoms with Crippen LogP contribution in [0.2, 0.25) is 0 Å². The summed E-state index contributed by atoms with van der Waals surface area (Å²) in [4.78, 5) is 30.3. The highest BCUT2D eigenvalue weighted by atomic mass is 19.4. The van der Waals surface area contributed by atoms with Crippen molar-refractivity contribution < 1.29 is 22.8 Å². The molecule has 0 atom stereocenters. The molecular formula is C26H17F3N8O2. The van der Waals surface area contributed by atoms with E-state index in [2.05, 4.69) is 30.9 Å². The first-order valence-corrected chi connectivity index (χ1v) is 12.0. The van der Waals surface area contributed by atoms with Crippen molar-refractivity contribution in [2.24, 2.45) is 0 Å². The Balaban J connectivity index is 1.27. The van der Waals surface area contributed by atoms with E-state index in [9.17, 15) is 22.8 Å². The van der Waals surface area contributed by atoms with E-state index in [0.29, 0.717) is 22.6 Å². The van der Waals surface area contributed by atoms with Gasteiger partial charge in [-0.25, -0.2) is 9.67 Å². The smallest absolute Gasteiger partial charge is 0.321 e. The topological polar surface area (TPSA) is 120 Å². The lowest BCUT2D eigenvalue weighted by Gasteiger charge is -2.14. The van der Waals surface area contributed by atoms with Gasteiger partial charge in [0.05, 0.1) is 47.4 Å². The summed E-state index contributed by atoms with van der Waals surface area (Å²) in [5.74, 6) is -1.23. The number of nitrogens with zero attached hydrogens (tertiary/aromatic N) is 6. The predicted molar refractivity (Wildman–Crippen MR) is 133 cm³/mol. The van der Waals surface area contributed by atoms with Crippen LogP contribution in [-0.4, -0.2) is 41.6 Å². The maximum absolute atomic E-state index is 13.8. The number of carbonyl (C=O) groups is 2.